The number of nitrogens with zero attached hydrogens (tertiary/aromatic N) is 1. The third-order valence-corrected chi connectivity index (χ3v) is 4.12. The lowest BCUT2D eigenvalue weighted by molar-refractivity contribution is -0.129. The number of nitrogens with one attached hydrogen (secondary N) is 1. The Balaban J connectivity index is 1.61. The molecule has 0 atom stereocenters. The van der Waals surface area contributed by atoms with Crippen molar-refractivity contribution in [2.45, 2.75) is 0 Å². The molecule has 0 unspecified atom stereocenters. The van der Waals surface area contributed by atoms with E-state index >= 15 is 0 Å². The number of aromatic hydroxyl groups is 1. The summed E-state index contributed by atoms with van der Waals surface area (Å²) in [7, 11) is 1.46. The highest BCUT2D eigenvalue weighted by atomic mass is 16.6. The van der Waals surface area contributed by atoms with Crippen LogP contribution in [0.2, 0.25) is 0 Å². The Hall–Kier alpha value is -4.39. The zero-order valence-electron chi connectivity index (χ0n) is 16.7. The Bertz CT molecular complexity index is 1110. The summed E-state index contributed by atoms with van der Waals surface area (Å²) in [5.41, 5.74) is 4.27. The largest absolute Gasteiger partial charge is 0.508 e. The molecule has 0 saturated heterocycles. The molecule has 1 amide bonds. The molecular formula is C24H20N2O5. The second-order valence-electron chi connectivity index (χ2n) is 6.32. The number of esters is 1. The molecule has 0 saturated carbocycles. The number of hydrazone groups is 1. The van der Waals surface area contributed by atoms with Gasteiger partial charge >= 0.3 is 5.97 Å². The lowest BCUT2D eigenvalue weighted by Crippen LogP contribution is -2.17. The lowest BCUT2D eigenvalue weighted by Gasteiger charge is -2.08. The van der Waals surface area contributed by atoms with Crippen molar-refractivity contribution < 1.29 is 24.2 Å². The van der Waals surface area contributed by atoms with Gasteiger partial charge in [0.1, 0.15) is 5.75 Å². The quantitative estimate of drug-likeness (QED) is 0.201. The Morgan fingerprint density at radius 3 is 2.39 bits per heavy atom. The normalized spacial score (nSPS) is 10.9. The SMILES string of the molecule is COc1cc(C=NNC(=O)c2ccc(O)cc2)ccc1OC(=O)C=Cc1ccccc1. The van der Waals surface area contributed by atoms with Crippen LogP contribution in [0.4, 0.5) is 0 Å². The van der Waals surface area contributed by atoms with Gasteiger partial charge in [-0.3, -0.25) is 4.79 Å². The fraction of sp³-hybridized carbons (Fsp3) is 0.0417. The van der Waals surface area contributed by atoms with Gasteiger partial charge in [-0.1, -0.05) is 30.3 Å². The minimum Gasteiger partial charge on any atom is -0.508 e. The Labute approximate surface area is 179 Å². The van der Waals surface area contributed by atoms with E-state index in [9.17, 15) is 14.7 Å². The standard InChI is InChI=1S/C24H20N2O5/c1-30-22-15-18(16-25-26-24(29)19-9-11-20(27)12-10-19)7-13-21(22)31-23(28)14-8-17-5-3-2-4-6-17/h2-16,27H,1H3,(H,26,29). The summed E-state index contributed by atoms with van der Waals surface area (Å²) in [6.45, 7) is 0. The number of hydrogen-bond donors (Lipinski definition) is 2. The zero-order chi connectivity index (χ0) is 22.1. The summed E-state index contributed by atoms with van der Waals surface area (Å²) in [5.74, 6) is -0.280. The molecule has 0 fully saturated rings. The second kappa shape index (κ2) is 10.4. The van der Waals surface area contributed by atoms with Gasteiger partial charge in [-0.2, -0.15) is 5.10 Å². The molecule has 156 valence electrons. The van der Waals surface area contributed by atoms with Crippen molar-refractivity contribution >= 4 is 24.2 Å². The fourth-order valence-electron chi connectivity index (χ4n) is 2.56. The van der Waals surface area contributed by atoms with Crippen molar-refractivity contribution in [2.75, 3.05) is 7.11 Å². The molecule has 3 rings (SSSR count). The van der Waals surface area contributed by atoms with Crippen LogP contribution in [0.1, 0.15) is 21.5 Å². The summed E-state index contributed by atoms with van der Waals surface area (Å²) in [4.78, 5) is 24.1. The maximum absolute atomic E-state index is 12.1. The molecule has 0 heterocycles. The lowest BCUT2D eigenvalue weighted by atomic mass is 10.2. The Kier molecular flexibility index (Phi) is 7.16. The first-order valence-electron chi connectivity index (χ1n) is 9.30. The van der Waals surface area contributed by atoms with Crippen LogP contribution in [0, 0.1) is 0 Å². The molecule has 0 aliphatic heterocycles. The predicted molar refractivity (Wildman–Crippen MR) is 117 cm³/mol. The van der Waals surface area contributed by atoms with Gasteiger partial charge < -0.3 is 14.6 Å². The van der Waals surface area contributed by atoms with Crippen molar-refractivity contribution in [3.05, 3.63) is 95.6 Å². The summed E-state index contributed by atoms with van der Waals surface area (Å²) < 4.78 is 10.6. The van der Waals surface area contributed by atoms with Crippen molar-refractivity contribution in [2.24, 2.45) is 5.10 Å². The van der Waals surface area contributed by atoms with Crippen LogP contribution in [0.5, 0.6) is 17.2 Å². The van der Waals surface area contributed by atoms with E-state index in [1.165, 1.54) is 43.7 Å². The van der Waals surface area contributed by atoms with Gasteiger partial charge in [0.05, 0.1) is 13.3 Å². The van der Waals surface area contributed by atoms with E-state index in [4.69, 9.17) is 9.47 Å². The number of benzene rings is 3. The third kappa shape index (κ3) is 6.30. The van der Waals surface area contributed by atoms with Crippen LogP contribution in [-0.2, 0) is 4.79 Å². The monoisotopic (exact) mass is 416 g/mol. The molecule has 31 heavy (non-hydrogen) atoms. The summed E-state index contributed by atoms with van der Waals surface area (Å²) in [6, 6.07) is 20.1. The predicted octanol–water partition coefficient (Wildman–Crippen LogP) is 3.78. The number of carbonyl (C=O) groups is 2. The Morgan fingerprint density at radius 2 is 1.68 bits per heavy atom. The number of phenolic OH excluding ortho intramolecular Hbond substituents is 1. The first-order chi connectivity index (χ1) is 15.0. The number of amides is 1. The third-order valence-electron chi connectivity index (χ3n) is 4.12. The Morgan fingerprint density at radius 1 is 0.935 bits per heavy atom. The van der Waals surface area contributed by atoms with Crippen LogP contribution in [0.3, 0.4) is 0 Å². The van der Waals surface area contributed by atoms with Crippen molar-refractivity contribution in [3.8, 4) is 17.2 Å². The van der Waals surface area contributed by atoms with Crippen LogP contribution in [0.25, 0.3) is 6.08 Å². The molecule has 0 bridgehead atoms. The average molecular weight is 416 g/mol. The van der Waals surface area contributed by atoms with E-state index in [-0.39, 0.29) is 11.5 Å². The van der Waals surface area contributed by atoms with E-state index in [0.29, 0.717) is 16.9 Å². The highest BCUT2D eigenvalue weighted by Gasteiger charge is 2.09. The first kappa shape index (κ1) is 21.3. The minimum atomic E-state index is -0.537. The van der Waals surface area contributed by atoms with Gasteiger partial charge in [-0.25, -0.2) is 10.2 Å². The number of ether oxygens (including phenoxy) is 2. The molecule has 7 heteroatoms. The number of rotatable bonds is 7. The van der Waals surface area contributed by atoms with Crippen molar-refractivity contribution in [3.63, 3.8) is 0 Å². The van der Waals surface area contributed by atoms with Crippen LogP contribution < -0.4 is 14.9 Å². The molecule has 0 aromatic heterocycles. The van der Waals surface area contributed by atoms with Crippen LogP contribution in [0.15, 0.2) is 84.0 Å². The van der Waals surface area contributed by atoms with Crippen molar-refractivity contribution in [1.29, 1.82) is 0 Å². The first-order valence-corrected chi connectivity index (χ1v) is 9.30. The highest BCUT2D eigenvalue weighted by molar-refractivity contribution is 5.95. The summed E-state index contributed by atoms with van der Waals surface area (Å²) in [5, 5.41) is 13.2. The van der Waals surface area contributed by atoms with E-state index in [0.717, 1.165) is 5.56 Å². The summed E-state index contributed by atoms with van der Waals surface area (Å²) in [6.07, 6.45) is 4.43. The number of carbonyl (C=O) groups excluding carboxylic acids is 2. The fourth-order valence-corrected chi connectivity index (χ4v) is 2.56. The van der Waals surface area contributed by atoms with Gasteiger partial charge in [0.15, 0.2) is 11.5 Å². The second-order valence-corrected chi connectivity index (χ2v) is 6.32. The topological polar surface area (TPSA) is 97.2 Å². The van der Waals surface area contributed by atoms with E-state index in [1.54, 1.807) is 24.3 Å². The smallest absolute Gasteiger partial charge is 0.336 e. The molecule has 0 radical (unpaired) electrons. The summed E-state index contributed by atoms with van der Waals surface area (Å²) >= 11 is 0. The number of methoxy groups -OCH3 is 1. The average Bonchev–Trinajstić information content (AvgIpc) is 2.79. The highest BCUT2D eigenvalue weighted by Crippen LogP contribution is 2.27. The van der Waals surface area contributed by atoms with Gasteiger partial charge in [-0.05, 0) is 59.7 Å². The zero-order valence-corrected chi connectivity index (χ0v) is 16.7. The number of phenols is 1. The van der Waals surface area contributed by atoms with Gasteiger partial charge in [0, 0.05) is 11.6 Å². The van der Waals surface area contributed by atoms with Crippen LogP contribution >= 0.6 is 0 Å². The molecule has 7 nitrogen and oxygen atoms in total. The van der Waals surface area contributed by atoms with Crippen LogP contribution in [-0.4, -0.2) is 30.3 Å². The molecule has 0 aliphatic rings. The van der Waals surface area contributed by atoms with Crippen molar-refractivity contribution in [1.82, 2.24) is 5.43 Å². The van der Waals surface area contributed by atoms with Gasteiger partial charge in [0.2, 0.25) is 0 Å². The molecule has 3 aromatic rings. The molecule has 0 aliphatic carbocycles. The van der Waals surface area contributed by atoms with Gasteiger partial charge in [0.25, 0.3) is 5.91 Å². The maximum atomic E-state index is 12.1. The van der Waals surface area contributed by atoms with E-state index in [2.05, 4.69) is 10.5 Å². The molecule has 0 spiro atoms. The van der Waals surface area contributed by atoms with E-state index < -0.39 is 11.9 Å². The van der Waals surface area contributed by atoms with Gasteiger partial charge in [-0.15, -0.1) is 0 Å². The maximum Gasteiger partial charge on any atom is 0.336 e. The molecule has 2 N–H and O–H groups in total. The molecule has 3 aromatic carbocycles. The number of hydrogen-bond acceptors (Lipinski definition) is 6. The van der Waals surface area contributed by atoms with E-state index in [1.807, 2.05) is 30.3 Å². The molecular weight excluding hydrogens is 396 g/mol. The minimum absolute atomic E-state index is 0.0727.